The van der Waals surface area contributed by atoms with E-state index in [1.165, 1.54) is 0 Å². The van der Waals surface area contributed by atoms with Gasteiger partial charge in [-0.05, 0) is 40.5 Å². The molecule has 0 aliphatic rings. The number of benzene rings is 3. The predicted octanol–water partition coefficient (Wildman–Crippen LogP) is 4.50. The summed E-state index contributed by atoms with van der Waals surface area (Å²) in [5.74, 6) is 0. The first-order chi connectivity index (χ1) is 10.4. The van der Waals surface area contributed by atoms with Gasteiger partial charge in [-0.1, -0.05) is 60.7 Å². The smallest absolute Gasteiger partial charge is 0.314 e. The van der Waals surface area contributed by atoms with Gasteiger partial charge in [0.1, 0.15) is 0 Å². The van der Waals surface area contributed by atoms with Crippen molar-refractivity contribution in [3.05, 3.63) is 78.9 Å². The van der Waals surface area contributed by atoms with Crippen LogP contribution in [0.3, 0.4) is 0 Å². The fourth-order valence-corrected chi connectivity index (χ4v) is 2.35. The second kappa shape index (κ2) is 6.06. The highest BCUT2D eigenvalue weighted by atomic mass is 16.1. The summed E-state index contributed by atoms with van der Waals surface area (Å²) in [7, 11) is 0. The topological polar surface area (TPSA) is 29.1 Å². The van der Waals surface area contributed by atoms with Gasteiger partial charge < -0.3 is 5.32 Å². The van der Waals surface area contributed by atoms with E-state index in [2.05, 4.69) is 35.6 Å². The van der Waals surface area contributed by atoms with Crippen molar-refractivity contribution in [3.8, 4) is 22.3 Å². The number of anilines is 1. The van der Waals surface area contributed by atoms with Gasteiger partial charge in [0.05, 0.1) is 0 Å². The third-order valence-electron chi connectivity index (χ3n) is 3.34. The predicted molar refractivity (Wildman–Crippen MR) is 86.6 cm³/mol. The van der Waals surface area contributed by atoms with E-state index in [0.717, 1.165) is 27.9 Å². The zero-order valence-electron chi connectivity index (χ0n) is 11.4. The number of hydrogen-bond donors (Lipinski definition) is 1. The van der Waals surface area contributed by atoms with E-state index in [9.17, 15) is 4.79 Å². The Balaban J connectivity index is 2.13. The molecule has 0 heterocycles. The van der Waals surface area contributed by atoms with Crippen LogP contribution in [0.5, 0.6) is 0 Å². The number of amides is 1. The van der Waals surface area contributed by atoms with Crippen molar-refractivity contribution in [2.45, 2.75) is 0 Å². The Morgan fingerprint density at radius 3 is 1.52 bits per heavy atom. The minimum Gasteiger partial charge on any atom is -0.318 e. The molecule has 0 bridgehead atoms. The molecular weight excluding hydrogens is 258 g/mol. The average molecular weight is 272 g/mol. The summed E-state index contributed by atoms with van der Waals surface area (Å²) in [6.07, 6.45) is 1.74. The molecule has 1 amide bonds. The van der Waals surface area contributed by atoms with Crippen LogP contribution in [0.15, 0.2) is 78.9 Å². The minimum atomic E-state index is 0.741. The Morgan fingerprint density at radius 1 is 0.619 bits per heavy atom. The molecule has 1 N–H and O–H groups in total. The maximum atomic E-state index is 10.6. The second-order valence-electron chi connectivity index (χ2n) is 4.76. The van der Waals surface area contributed by atoms with E-state index >= 15 is 0 Å². The van der Waals surface area contributed by atoms with Crippen LogP contribution in [0.2, 0.25) is 0 Å². The quantitative estimate of drug-likeness (QED) is 0.696. The molecule has 0 aliphatic heterocycles. The van der Waals surface area contributed by atoms with Gasteiger partial charge in [0.25, 0.3) is 0 Å². The van der Waals surface area contributed by atoms with Crippen molar-refractivity contribution in [2.75, 3.05) is 5.32 Å². The van der Waals surface area contributed by atoms with E-state index in [1.807, 2.05) is 48.5 Å². The molecule has 3 aromatic rings. The average Bonchev–Trinajstić information content (AvgIpc) is 2.56. The summed E-state index contributed by atoms with van der Waals surface area (Å²) < 4.78 is 0. The molecule has 101 valence electrons. The van der Waals surface area contributed by atoms with Crippen LogP contribution in [-0.2, 0) is 4.79 Å². The highest BCUT2D eigenvalue weighted by molar-refractivity contribution is 5.82. The monoisotopic (exact) mass is 272 g/mol. The van der Waals surface area contributed by atoms with Crippen molar-refractivity contribution in [2.24, 2.45) is 0 Å². The minimum absolute atomic E-state index is 0.741. The molecule has 0 atom stereocenters. The molecule has 2 heteroatoms. The summed E-state index contributed by atoms with van der Waals surface area (Å²) >= 11 is 0. The van der Waals surface area contributed by atoms with Gasteiger partial charge in [0, 0.05) is 5.69 Å². The van der Waals surface area contributed by atoms with E-state index in [1.54, 1.807) is 6.41 Å². The van der Waals surface area contributed by atoms with Crippen LogP contribution in [-0.4, -0.2) is 6.41 Å². The number of hydrogen-bond acceptors (Lipinski definition) is 1. The first-order valence-corrected chi connectivity index (χ1v) is 6.76. The van der Waals surface area contributed by atoms with Crippen LogP contribution in [0.25, 0.3) is 22.3 Å². The molecule has 21 heavy (non-hydrogen) atoms. The van der Waals surface area contributed by atoms with E-state index in [-0.39, 0.29) is 0 Å². The van der Waals surface area contributed by atoms with E-state index in [0.29, 0.717) is 0 Å². The lowest BCUT2D eigenvalue weighted by Gasteiger charge is -2.09. The first kappa shape index (κ1) is 13.1. The molecule has 0 aliphatic carbocycles. The maximum Gasteiger partial charge on any atom is 0.314 e. The summed E-state index contributed by atoms with van der Waals surface area (Å²) in [6, 6.07) is 26.2. The van der Waals surface area contributed by atoms with Crippen LogP contribution < -0.4 is 5.32 Å². The highest BCUT2D eigenvalue weighted by Crippen LogP contribution is 2.30. The van der Waals surface area contributed by atoms with Gasteiger partial charge in [-0.15, -0.1) is 0 Å². The molecule has 0 unspecified atom stereocenters. The summed E-state index contributed by atoms with van der Waals surface area (Å²) in [4.78, 5) is 10.6. The molecule has 0 saturated heterocycles. The zero-order valence-corrected chi connectivity index (χ0v) is 11.4. The Morgan fingerprint density at radius 2 is 1.10 bits per heavy atom. The Bertz CT molecular complexity index is 678. The fourth-order valence-electron chi connectivity index (χ4n) is 2.35. The molecule has 1 radical (unpaired) electrons. The maximum absolute atomic E-state index is 10.6. The Kier molecular flexibility index (Phi) is 3.79. The van der Waals surface area contributed by atoms with Gasteiger partial charge in [-0.3, -0.25) is 4.79 Å². The third-order valence-corrected chi connectivity index (χ3v) is 3.34. The number of carbonyl (C=O) groups excluding carboxylic acids is 1. The number of nitrogens with one attached hydrogen (secondary N) is 1. The van der Waals surface area contributed by atoms with Crippen molar-refractivity contribution in [3.63, 3.8) is 0 Å². The van der Waals surface area contributed by atoms with Crippen LogP contribution >= 0.6 is 0 Å². The van der Waals surface area contributed by atoms with Crippen LogP contribution in [0.1, 0.15) is 0 Å². The summed E-state index contributed by atoms with van der Waals surface area (Å²) in [5.41, 5.74) is 5.10. The standard InChI is InChI=1S/C19H14NO/c21-14-20-19-12-17(15-7-3-1-4-8-15)11-18(13-19)16-9-5-2-6-10-16/h1-13H,(H,20,21). The molecule has 2 nitrogen and oxygen atoms in total. The van der Waals surface area contributed by atoms with Gasteiger partial charge in [0.15, 0.2) is 0 Å². The SMILES string of the molecule is O=[C]Nc1cc(-c2ccccc2)cc(-c2ccccc2)c1. The van der Waals surface area contributed by atoms with E-state index in [4.69, 9.17) is 0 Å². The molecule has 0 fully saturated rings. The first-order valence-electron chi connectivity index (χ1n) is 6.76. The van der Waals surface area contributed by atoms with Crippen molar-refractivity contribution in [1.29, 1.82) is 0 Å². The van der Waals surface area contributed by atoms with Gasteiger partial charge in [-0.25, -0.2) is 0 Å². The lowest BCUT2D eigenvalue weighted by molar-refractivity contribution is 0.561. The molecule has 0 saturated carbocycles. The summed E-state index contributed by atoms with van der Waals surface area (Å²) in [5, 5.41) is 2.62. The summed E-state index contributed by atoms with van der Waals surface area (Å²) in [6.45, 7) is 0. The fraction of sp³-hybridized carbons (Fsp3) is 0. The van der Waals surface area contributed by atoms with Crippen molar-refractivity contribution in [1.82, 2.24) is 0 Å². The van der Waals surface area contributed by atoms with Crippen molar-refractivity contribution >= 4 is 12.1 Å². The van der Waals surface area contributed by atoms with Gasteiger partial charge >= 0.3 is 6.41 Å². The highest BCUT2D eigenvalue weighted by Gasteiger charge is 2.05. The molecule has 3 aromatic carbocycles. The van der Waals surface area contributed by atoms with Gasteiger partial charge in [0.2, 0.25) is 0 Å². The lowest BCUT2D eigenvalue weighted by atomic mass is 9.98. The van der Waals surface area contributed by atoms with Crippen molar-refractivity contribution < 1.29 is 4.79 Å². The lowest BCUT2D eigenvalue weighted by Crippen LogP contribution is -1.94. The third kappa shape index (κ3) is 3.00. The Hall–Kier alpha value is -2.87. The van der Waals surface area contributed by atoms with Gasteiger partial charge in [-0.2, -0.15) is 0 Å². The largest absolute Gasteiger partial charge is 0.318 e. The van der Waals surface area contributed by atoms with Crippen LogP contribution in [0, 0.1) is 0 Å². The zero-order chi connectivity index (χ0) is 14.5. The van der Waals surface area contributed by atoms with Crippen LogP contribution in [0.4, 0.5) is 5.69 Å². The molecule has 0 spiro atoms. The normalized spacial score (nSPS) is 10.1. The molecule has 0 aromatic heterocycles. The Labute approximate surface area is 124 Å². The second-order valence-corrected chi connectivity index (χ2v) is 4.76. The number of rotatable bonds is 4. The molecule has 3 rings (SSSR count). The van der Waals surface area contributed by atoms with E-state index < -0.39 is 0 Å². The molecular formula is C19H14NO.